The Morgan fingerprint density at radius 3 is 2.89 bits per heavy atom. The third-order valence-corrected chi connectivity index (χ3v) is 3.56. The highest BCUT2D eigenvalue weighted by Gasteiger charge is 2.32. The summed E-state index contributed by atoms with van der Waals surface area (Å²) < 4.78 is 0. The van der Waals surface area contributed by atoms with E-state index in [0.717, 1.165) is 16.8 Å². The van der Waals surface area contributed by atoms with Crippen LogP contribution >= 0.6 is 11.6 Å². The zero-order valence-corrected chi connectivity index (χ0v) is 11.7. The number of anilines is 1. The minimum Gasteiger partial charge on any atom is -0.310 e. The maximum absolute atomic E-state index is 12.1. The molecule has 0 bridgehead atoms. The second-order valence-corrected chi connectivity index (χ2v) is 5.31. The van der Waals surface area contributed by atoms with E-state index in [0.29, 0.717) is 24.5 Å². The standard InChI is InChI=1S/C13H15ClN4O/c1-8-3-9(2)13(11(14)4-8)18-7-10(5-12(18)19)6-16-17-15/h3-4,10H,5-7H2,1-2H3. The van der Waals surface area contributed by atoms with E-state index in [9.17, 15) is 4.79 Å². The molecule has 1 heterocycles. The van der Waals surface area contributed by atoms with Crippen LogP contribution in [0.1, 0.15) is 17.5 Å². The molecule has 1 aromatic carbocycles. The van der Waals surface area contributed by atoms with Crippen molar-refractivity contribution in [3.05, 3.63) is 38.7 Å². The Kier molecular flexibility index (Phi) is 3.98. The maximum Gasteiger partial charge on any atom is 0.227 e. The van der Waals surface area contributed by atoms with Crippen LogP contribution < -0.4 is 4.90 Å². The van der Waals surface area contributed by atoms with Crippen molar-refractivity contribution in [2.75, 3.05) is 18.0 Å². The predicted molar refractivity (Wildman–Crippen MR) is 75.4 cm³/mol. The highest BCUT2D eigenvalue weighted by Crippen LogP contribution is 2.35. The first-order valence-corrected chi connectivity index (χ1v) is 6.48. The quantitative estimate of drug-likeness (QED) is 0.473. The molecule has 2 rings (SSSR count). The predicted octanol–water partition coefficient (Wildman–Crippen LogP) is 3.62. The van der Waals surface area contributed by atoms with Crippen LogP contribution in [0.25, 0.3) is 10.4 Å². The Balaban J connectivity index is 2.28. The van der Waals surface area contributed by atoms with E-state index in [4.69, 9.17) is 17.1 Å². The number of aryl methyl sites for hydroxylation is 2. The molecule has 6 heteroatoms. The second-order valence-electron chi connectivity index (χ2n) is 4.90. The van der Waals surface area contributed by atoms with Crippen LogP contribution in [0, 0.1) is 19.8 Å². The molecule has 1 aromatic rings. The topological polar surface area (TPSA) is 69.1 Å². The molecule has 1 amide bonds. The Bertz CT molecular complexity index is 543. The zero-order chi connectivity index (χ0) is 14.0. The van der Waals surface area contributed by atoms with Gasteiger partial charge in [0.05, 0.1) is 10.7 Å². The lowest BCUT2D eigenvalue weighted by Crippen LogP contribution is -2.26. The molecule has 0 aliphatic carbocycles. The lowest BCUT2D eigenvalue weighted by Gasteiger charge is -2.21. The van der Waals surface area contributed by atoms with Gasteiger partial charge in [-0.2, -0.15) is 0 Å². The number of amides is 1. The average molecular weight is 279 g/mol. The average Bonchev–Trinajstić information content (AvgIpc) is 2.67. The van der Waals surface area contributed by atoms with E-state index in [-0.39, 0.29) is 11.8 Å². The Hall–Kier alpha value is -1.71. The molecule has 1 atom stereocenters. The van der Waals surface area contributed by atoms with Gasteiger partial charge < -0.3 is 4.90 Å². The van der Waals surface area contributed by atoms with Gasteiger partial charge in [0.1, 0.15) is 0 Å². The van der Waals surface area contributed by atoms with Gasteiger partial charge in [0.15, 0.2) is 0 Å². The number of hydrogen-bond donors (Lipinski definition) is 0. The summed E-state index contributed by atoms with van der Waals surface area (Å²) in [5.41, 5.74) is 11.2. The van der Waals surface area contributed by atoms with Crippen molar-refractivity contribution in [2.45, 2.75) is 20.3 Å². The summed E-state index contributed by atoms with van der Waals surface area (Å²) in [5, 5.41) is 4.14. The van der Waals surface area contributed by atoms with Crippen molar-refractivity contribution in [2.24, 2.45) is 11.0 Å². The number of nitrogens with zero attached hydrogens (tertiary/aromatic N) is 4. The van der Waals surface area contributed by atoms with Crippen molar-refractivity contribution in [1.29, 1.82) is 0 Å². The van der Waals surface area contributed by atoms with Gasteiger partial charge in [-0.05, 0) is 42.5 Å². The summed E-state index contributed by atoms with van der Waals surface area (Å²) in [5.74, 6) is 0.104. The first-order chi connectivity index (χ1) is 9.02. The molecule has 1 saturated heterocycles. The number of halogens is 1. The molecule has 1 aliphatic rings. The van der Waals surface area contributed by atoms with Gasteiger partial charge in [0.2, 0.25) is 5.91 Å². The molecule has 1 fully saturated rings. The highest BCUT2D eigenvalue weighted by atomic mass is 35.5. The summed E-state index contributed by atoms with van der Waals surface area (Å²) >= 11 is 6.26. The monoisotopic (exact) mass is 278 g/mol. The number of carbonyl (C=O) groups is 1. The number of azide groups is 1. The largest absolute Gasteiger partial charge is 0.310 e. The minimum absolute atomic E-state index is 0.0343. The van der Waals surface area contributed by atoms with Gasteiger partial charge in [0.25, 0.3) is 0 Å². The van der Waals surface area contributed by atoms with E-state index in [1.54, 1.807) is 4.90 Å². The van der Waals surface area contributed by atoms with Crippen molar-refractivity contribution in [3.8, 4) is 0 Å². The van der Waals surface area contributed by atoms with Crippen molar-refractivity contribution < 1.29 is 4.79 Å². The SMILES string of the molecule is Cc1cc(C)c(N2CC(CN=[N+]=[N-])CC2=O)c(Cl)c1. The van der Waals surface area contributed by atoms with Crippen molar-refractivity contribution in [3.63, 3.8) is 0 Å². The Morgan fingerprint density at radius 2 is 2.26 bits per heavy atom. The zero-order valence-electron chi connectivity index (χ0n) is 10.9. The van der Waals surface area contributed by atoms with Crippen LogP contribution in [0.3, 0.4) is 0 Å². The third kappa shape index (κ3) is 2.83. The van der Waals surface area contributed by atoms with Gasteiger partial charge in [-0.1, -0.05) is 22.8 Å². The molecule has 5 nitrogen and oxygen atoms in total. The first-order valence-electron chi connectivity index (χ1n) is 6.11. The molecule has 0 radical (unpaired) electrons. The maximum atomic E-state index is 12.1. The molecule has 19 heavy (non-hydrogen) atoms. The van der Waals surface area contributed by atoms with Gasteiger partial charge >= 0.3 is 0 Å². The number of rotatable bonds is 3. The Labute approximate surface area is 116 Å². The van der Waals surface area contributed by atoms with Crippen LogP contribution in [0.4, 0.5) is 5.69 Å². The summed E-state index contributed by atoms with van der Waals surface area (Å²) in [6, 6.07) is 3.87. The van der Waals surface area contributed by atoms with Gasteiger partial charge in [-0.25, -0.2) is 0 Å². The van der Waals surface area contributed by atoms with E-state index >= 15 is 0 Å². The fourth-order valence-corrected chi connectivity index (χ4v) is 2.95. The van der Waals surface area contributed by atoms with Crippen molar-refractivity contribution in [1.82, 2.24) is 0 Å². The van der Waals surface area contributed by atoms with Crippen molar-refractivity contribution >= 4 is 23.2 Å². The van der Waals surface area contributed by atoms with Crippen LogP contribution in [-0.4, -0.2) is 19.0 Å². The second kappa shape index (κ2) is 5.51. The molecule has 0 aromatic heterocycles. The molecular formula is C13H15ClN4O. The lowest BCUT2D eigenvalue weighted by molar-refractivity contribution is -0.117. The number of hydrogen-bond acceptors (Lipinski definition) is 2. The van der Waals surface area contributed by atoms with Crippen LogP contribution in [0.15, 0.2) is 17.2 Å². The van der Waals surface area contributed by atoms with Gasteiger partial charge in [-0.3, -0.25) is 4.79 Å². The first kappa shape index (κ1) is 13.7. The summed E-state index contributed by atoms with van der Waals surface area (Å²) in [6.45, 7) is 4.82. The van der Waals surface area contributed by atoms with Crippen LogP contribution in [0.5, 0.6) is 0 Å². The normalized spacial score (nSPS) is 18.6. The van der Waals surface area contributed by atoms with Gasteiger partial charge in [-0.15, -0.1) is 0 Å². The van der Waals surface area contributed by atoms with E-state index < -0.39 is 0 Å². The fourth-order valence-electron chi connectivity index (χ4n) is 2.52. The number of carbonyl (C=O) groups excluding carboxylic acids is 1. The van der Waals surface area contributed by atoms with E-state index in [1.807, 2.05) is 26.0 Å². The fraction of sp³-hybridized carbons (Fsp3) is 0.462. The summed E-state index contributed by atoms with van der Waals surface area (Å²) in [6.07, 6.45) is 0.405. The highest BCUT2D eigenvalue weighted by molar-refractivity contribution is 6.34. The van der Waals surface area contributed by atoms with Gasteiger partial charge in [0, 0.05) is 24.4 Å². The molecule has 100 valence electrons. The molecule has 0 N–H and O–H groups in total. The Morgan fingerprint density at radius 1 is 1.53 bits per heavy atom. The third-order valence-electron chi connectivity index (χ3n) is 3.28. The minimum atomic E-state index is 0.0343. The molecule has 1 unspecified atom stereocenters. The lowest BCUT2D eigenvalue weighted by atomic mass is 10.1. The number of benzene rings is 1. The smallest absolute Gasteiger partial charge is 0.227 e. The van der Waals surface area contributed by atoms with Crippen LogP contribution in [0.2, 0.25) is 5.02 Å². The van der Waals surface area contributed by atoms with E-state index in [2.05, 4.69) is 10.0 Å². The molecule has 1 aliphatic heterocycles. The molecule has 0 saturated carbocycles. The van der Waals surface area contributed by atoms with Crippen LogP contribution in [-0.2, 0) is 4.79 Å². The summed E-state index contributed by atoms with van der Waals surface area (Å²) in [4.78, 5) is 16.5. The molecular weight excluding hydrogens is 264 g/mol. The molecule has 0 spiro atoms. The van der Waals surface area contributed by atoms with E-state index in [1.165, 1.54) is 0 Å². The summed E-state index contributed by atoms with van der Waals surface area (Å²) in [7, 11) is 0.